The van der Waals surface area contributed by atoms with Crippen molar-refractivity contribution in [1.29, 1.82) is 5.26 Å². The Bertz CT molecular complexity index is 4000. The monoisotopic (exact) mass is 1050 g/mol. The maximum absolute atomic E-state index is 14.3. The van der Waals surface area contributed by atoms with E-state index in [2.05, 4.69) is 6.07 Å². The van der Waals surface area contributed by atoms with E-state index >= 15 is 0 Å². The summed E-state index contributed by atoms with van der Waals surface area (Å²) in [7, 11) is 0. The summed E-state index contributed by atoms with van der Waals surface area (Å²) in [5.41, 5.74) is 3.26. The summed E-state index contributed by atoms with van der Waals surface area (Å²) >= 11 is 0. The zero-order chi connectivity index (χ0) is 55.1. The molecule has 386 valence electrons. The fourth-order valence-electron chi connectivity index (χ4n) is 10.2. The normalized spacial score (nSPS) is 12.4. The van der Waals surface area contributed by atoms with Crippen molar-refractivity contribution >= 4 is 21.8 Å². The van der Waals surface area contributed by atoms with E-state index in [-0.39, 0.29) is 33.9 Å². The number of aromatic nitrogens is 1. The number of fused-ring (bicyclic) bond motifs is 3. The van der Waals surface area contributed by atoms with Gasteiger partial charge in [0.1, 0.15) is 6.07 Å². The van der Waals surface area contributed by atoms with Crippen LogP contribution in [0.3, 0.4) is 0 Å². The van der Waals surface area contributed by atoms with Gasteiger partial charge >= 0.3 is 24.7 Å². The predicted octanol–water partition coefficient (Wildman–Crippen LogP) is 20.0. The molecule has 0 bridgehead atoms. The molecule has 0 fully saturated rings. The zero-order valence-electron chi connectivity index (χ0n) is 41.1. The third-order valence-corrected chi connectivity index (χ3v) is 13.5. The SMILES string of the molecule is Cc1cc(C)cc(-c2cc(-c3cc(C)cc(C(F)(F)F)c3)cc(-c3ccc4c(c3)c3cc(-c5cc(-c6cc(C)cc(C(F)(F)F)c6)cc(-c6cc(C(F)(F)F)cc(C(F)(F)F)c6)c5)ccc3n4-c3ccccc3C#N)c2)c1. The van der Waals surface area contributed by atoms with Crippen LogP contribution in [0.2, 0.25) is 0 Å². The van der Waals surface area contributed by atoms with Crippen molar-refractivity contribution in [3.63, 3.8) is 0 Å². The fourth-order valence-corrected chi connectivity index (χ4v) is 10.2. The zero-order valence-corrected chi connectivity index (χ0v) is 41.1. The molecular formula is C63H40F12N2. The van der Waals surface area contributed by atoms with E-state index < -0.39 is 52.5 Å². The van der Waals surface area contributed by atoms with Crippen molar-refractivity contribution in [1.82, 2.24) is 4.57 Å². The Morgan fingerprint density at radius 3 is 0.974 bits per heavy atom. The van der Waals surface area contributed by atoms with Gasteiger partial charge in [-0.25, -0.2) is 0 Å². The summed E-state index contributed by atoms with van der Waals surface area (Å²) in [6.07, 6.45) is -19.8. The van der Waals surface area contributed by atoms with Crippen LogP contribution in [-0.2, 0) is 24.7 Å². The highest BCUT2D eigenvalue weighted by molar-refractivity contribution is 6.12. The maximum Gasteiger partial charge on any atom is 0.416 e. The molecule has 1 heterocycles. The van der Waals surface area contributed by atoms with Gasteiger partial charge in [0.05, 0.1) is 44.5 Å². The average molecular weight is 1050 g/mol. The summed E-state index contributed by atoms with van der Waals surface area (Å²) in [6.45, 7) is 6.91. The maximum atomic E-state index is 14.3. The lowest BCUT2D eigenvalue weighted by Crippen LogP contribution is -2.11. The molecule has 10 aromatic rings. The summed E-state index contributed by atoms with van der Waals surface area (Å²) in [4.78, 5) is 0. The summed E-state index contributed by atoms with van der Waals surface area (Å²) in [6, 6.07) is 43.8. The van der Waals surface area contributed by atoms with E-state index in [0.717, 1.165) is 46.5 Å². The Hall–Kier alpha value is -8.57. The number of aryl methyl sites for hydroxylation is 4. The van der Waals surface area contributed by atoms with Crippen molar-refractivity contribution in [3.8, 4) is 78.5 Å². The Morgan fingerprint density at radius 2 is 0.610 bits per heavy atom. The molecule has 0 radical (unpaired) electrons. The first kappa shape index (κ1) is 51.9. The predicted molar refractivity (Wildman–Crippen MR) is 277 cm³/mol. The van der Waals surface area contributed by atoms with Crippen LogP contribution in [0.1, 0.15) is 50.1 Å². The van der Waals surface area contributed by atoms with Gasteiger partial charge in [-0.3, -0.25) is 0 Å². The second-order valence-corrected chi connectivity index (χ2v) is 19.4. The van der Waals surface area contributed by atoms with E-state index in [1.54, 1.807) is 61.5 Å². The topological polar surface area (TPSA) is 28.7 Å². The van der Waals surface area contributed by atoms with Crippen molar-refractivity contribution in [2.75, 3.05) is 0 Å². The Labute approximate surface area is 433 Å². The quantitative estimate of drug-likeness (QED) is 0.146. The number of alkyl halides is 12. The number of nitriles is 1. The molecule has 0 aliphatic heterocycles. The number of hydrogen-bond acceptors (Lipinski definition) is 1. The number of rotatable bonds is 7. The minimum atomic E-state index is -5.20. The van der Waals surface area contributed by atoms with Crippen LogP contribution in [0.4, 0.5) is 52.7 Å². The van der Waals surface area contributed by atoms with Crippen LogP contribution >= 0.6 is 0 Å². The molecule has 14 heteroatoms. The number of hydrogen-bond donors (Lipinski definition) is 0. The van der Waals surface area contributed by atoms with Gasteiger partial charge in [-0.1, -0.05) is 65.7 Å². The molecule has 0 aliphatic carbocycles. The van der Waals surface area contributed by atoms with Crippen molar-refractivity contribution < 1.29 is 52.7 Å². The third-order valence-electron chi connectivity index (χ3n) is 13.5. The first-order chi connectivity index (χ1) is 36.2. The van der Waals surface area contributed by atoms with Crippen LogP contribution in [0.5, 0.6) is 0 Å². The van der Waals surface area contributed by atoms with E-state index in [1.807, 2.05) is 66.9 Å². The number of benzene rings is 9. The van der Waals surface area contributed by atoms with Crippen LogP contribution in [-0.4, -0.2) is 4.57 Å². The largest absolute Gasteiger partial charge is 0.416 e. The summed E-state index contributed by atoms with van der Waals surface area (Å²) in [5.74, 6) is 0. The van der Waals surface area contributed by atoms with Gasteiger partial charge in [0, 0.05) is 10.8 Å². The molecule has 0 unspecified atom stereocenters. The standard InChI is InChI=1S/C63H40F12N2/c1-34-13-35(2)15-41(14-34)46-20-44(21-47(24-46)42-16-36(3)18-51(26-42)60(64,65)66)38-9-11-58-55(30-38)56-31-39(10-12-59(56)77(58)57-8-6-5-7-40(57)33-76)45-22-48(43-17-37(4)19-52(27-43)61(67,68)69)25-49(23-45)50-28-53(62(70,71)72)32-54(29-50)63(73,74)75/h5-32H,1-4H3. The number of nitrogens with zero attached hydrogens (tertiary/aromatic N) is 2. The highest BCUT2D eigenvalue weighted by Gasteiger charge is 2.38. The summed E-state index contributed by atoms with van der Waals surface area (Å²) < 4.78 is 173. The third kappa shape index (κ3) is 10.4. The van der Waals surface area contributed by atoms with E-state index in [4.69, 9.17) is 0 Å². The Balaban J connectivity index is 1.24. The molecule has 2 nitrogen and oxygen atoms in total. The van der Waals surface area contributed by atoms with E-state index in [9.17, 15) is 57.9 Å². The molecule has 0 saturated carbocycles. The highest BCUT2D eigenvalue weighted by atomic mass is 19.4. The van der Waals surface area contributed by atoms with Gasteiger partial charge in [-0.15, -0.1) is 0 Å². The molecule has 10 rings (SSSR count). The van der Waals surface area contributed by atoms with Crippen molar-refractivity contribution in [3.05, 3.63) is 220 Å². The average Bonchev–Trinajstić information content (AvgIpc) is 3.70. The van der Waals surface area contributed by atoms with E-state index in [0.29, 0.717) is 78.6 Å². The van der Waals surface area contributed by atoms with Crippen molar-refractivity contribution in [2.24, 2.45) is 0 Å². The molecule has 0 saturated heterocycles. The van der Waals surface area contributed by atoms with Gasteiger partial charge in [-0.2, -0.15) is 57.9 Å². The van der Waals surface area contributed by atoms with Crippen molar-refractivity contribution in [2.45, 2.75) is 52.4 Å². The lowest BCUT2D eigenvalue weighted by Gasteiger charge is -2.17. The minimum Gasteiger partial charge on any atom is -0.308 e. The van der Waals surface area contributed by atoms with Gasteiger partial charge < -0.3 is 4.57 Å². The first-order valence-electron chi connectivity index (χ1n) is 23.9. The molecular weight excluding hydrogens is 1010 g/mol. The molecule has 0 aliphatic rings. The molecule has 77 heavy (non-hydrogen) atoms. The molecule has 0 atom stereocenters. The van der Waals surface area contributed by atoms with Gasteiger partial charge in [0.25, 0.3) is 0 Å². The second kappa shape index (κ2) is 18.9. The highest BCUT2D eigenvalue weighted by Crippen LogP contribution is 2.45. The fraction of sp³-hybridized carbons (Fsp3) is 0.127. The first-order valence-corrected chi connectivity index (χ1v) is 23.9. The van der Waals surface area contributed by atoms with E-state index in [1.165, 1.54) is 31.2 Å². The smallest absolute Gasteiger partial charge is 0.308 e. The van der Waals surface area contributed by atoms with Crippen LogP contribution in [0, 0.1) is 39.0 Å². The van der Waals surface area contributed by atoms with Crippen LogP contribution < -0.4 is 0 Å². The minimum absolute atomic E-state index is 0.000293. The van der Waals surface area contributed by atoms with Gasteiger partial charge in [0.15, 0.2) is 0 Å². The second-order valence-electron chi connectivity index (χ2n) is 19.4. The number of halogens is 12. The lowest BCUT2D eigenvalue weighted by molar-refractivity contribution is -0.143. The number of para-hydroxylation sites is 1. The molecule has 9 aromatic carbocycles. The lowest BCUT2D eigenvalue weighted by atomic mass is 9.90. The Morgan fingerprint density at radius 1 is 0.312 bits per heavy atom. The molecule has 0 amide bonds. The molecule has 0 N–H and O–H groups in total. The summed E-state index contributed by atoms with van der Waals surface area (Å²) in [5, 5.41) is 11.5. The van der Waals surface area contributed by atoms with Crippen LogP contribution in [0.25, 0.3) is 94.3 Å². The van der Waals surface area contributed by atoms with Crippen LogP contribution in [0.15, 0.2) is 170 Å². The molecule has 1 aromatic heterocycles. The van der Waals surface area contributed by atoms with Gasteiger partial charge in [0.2, 0.25) is 0 Å². The van der Waals surface area contributed by atoms with Gasteiger partial charge in [-0.05, 0) is 221 Å². The Kier molecular flexibility index (Phi) is 12.7. The molecule has 0 spiro atoms.